The van der Waals surface area contributed by atoms with Gasteiger partial charge in [0, 0.05) is 31.6 Å². The quantitative estimate of drug-likeness (QED) is 0.892. The number of nitrogens with one attached hydrogen (secondary N) is 1. The maximum atomic E-state index is 12.9. The first-order valence-electron chi connectivity index (χ1n) is 8.76. The Bertz CT molecular complexity index is 665. The minimum atomic E-state index is -0.159. The Labute approximate surface area is 152 Å². The fourth-order valence-corrected chi connectivity index (χ4v) is 3.50. The van der Waals surface area contributed by atoms with E-state index >= 15 is 0 Å². The number of halogens is 1. The minimum Gasteiger partial charge on any atom is -0.489 e. The highest BCUT2D eigenvalue weighted by atomic mass is 35.5. The number of piperidine rings is 1. The molecule has 2 aliphatic rings. The maximum absolute atomic E-state index is 12.9. The van der Waals surface area contributed by atoms with Crippen molar-refractivity contribution in [2.45, 2.75) is 26.2 Å². The highest BCUT2D eigenvalue weighted by Crippen LogP contribution is 2.38. The molecule has 0 aliphatic carbocycles. The predicted molar refractivity (Wildman–Crippen MR) is 94.4 cm³/mol. The lowest BCUT2D eigenvalue weighted by Gasteiger charge is -2.32. The van der Waals surface area contributed by atoms with E-state index in [4.69, 9.17) is 21.1 Å². The van der Waals surface area contributed by atoms with Crippen LogP contribution < -0.4 is 14.8 Å². The summed E-state index contributed by atoms with van der Waals surface area (Å²) < 4.78 is 11.3. The van der Waals surface area contributed by atoms with E-state index in [1.807, 2.05) is 6.92 Å². The standard InChI is InChI=1S/C18H23ClN2O4/c1-2-20-17(22)12-5-3-6-21(11-12)18(23)13-9-14(19)16-15(10-13)24-7-4-8-25-16/h9-10,12H,2-8,11H2,1H3,(H,20,22)/t12-/m1/s1. The first kappa shape index (κ1) is 17.9. The topological polar surface area (TPSA) is 67.9 Å². The number of rotatable bonds is 3. The molecule has 2 aliphatic heterocycles. The van der Waals surface area contributed by atoms with E-state index in [1.54, 1.807) is 17.0 Å². The second-order valence-electron chi connectivity index (χ2n) is 6.32. The molecule has 0 saturated carbocycles. The van der Waals surface area contributed by atoms with Gasteiger partial charge in [-0.2, -0.15) is 0 Å². The van der Waals surface area contributed by atoms with Gasteiger partial charge in [-0.15, -0.1) is 0 Å². The van der Waals surface area contributed by atoms with E-state index in [9.17, 15) is 9.59 Å². The average Bonchev–Trinajstić information content (AvgIpc) is 2.87. The van der Waals surface area contributed by atoms with Crippen LogP contribution >= 0.6 is 11.6 Å². The van der Waals surface area contributed by atoms with Crippen LogP contribution in [-0.4, -0.2) is 49.6 Å². The normalized spacial score (nSPS) is 19.9. The van der Waals surface area contributed by atoms with Gasteiger partial charge >= 0.3 is 0 Å². The summed E-state index contributed by atoms with van der Waals surface area (Å²) in [5.74, 6) is 0.719. The van der Waals surface area contributed by atoms with E-state index in [0.29, 0.717) is 54.9 Å². The molecular formula is C18H23ClN2O4. The molecule has 1 saturated heterocycles. The number of ether oxygens (including phenoxy) is 2. The molecule has 2 heterocycles. The van der Waals surface area contributed by atoms with Crippen LogP contribution in [-0.2, 0) is 4.79 Å². The molecule has 1 atom stereocenters. The second kappa shape index (κ2) is 7.95. The van der Waals surface area contributed by atoms with E-state index in [-0.39, 0.29) is 17.7 Å². The average molecular weight is 367 g/mol. The summed E-state index contributed by atoms with van der Waals surface area (Å²) in [6.45, 7) is 4.63. The Morgan fingerprint density at radius 2 is 2.08 bits per heavy atom. The molecule has 1 aromatic rings. The molecule has 0 bridgehead atoms. The van der Waals surface area contributed by atoms with Crippen molar-refractivity contribution in [1.29, 1.82) is 0 Å². The van der Waals surface area contributed by atoms with Gasteiger partial charge in [0.2, 0.25) is 5.91 Å². The Hall–Kier alpha value is -1.95. The molecule has 25 heavy (non-hydrogen) atoms. The smallest absolute Gasteiger partial charge is 0.254 e. The third-order valence-corrected chi connectivity index (χ3v) is 4.76. The van der Waals surface area contributed by atoms with Gasteiger partial charge < -0.3 is 19.7 Å². The van der Waals surface area contributed by atoms with Crippen molar-refractivity contribution < 1.29 is 19.1 Å². The summed E-state index contributed by atoms with van der Waals surface area (Å²) in [5, 5.41) is 3.21. The lowest BCUT2D eigenvalue weighted by atomic mass is 9.96. The molecule has 1 fully saturated rings. The Morgan fingerprint density at radius 1 is 1.28 bits per heavy atom. The van der Waals surface area contributed by atoms with Gasteiger partial charge in [0.15, 0.2) is 11.5 Å². The van der Waals surface area contributed by atoms with Crippen LogP contribution in [0.2, 0.25) is 5.02 Å². The molecule has 0 aromatic heterocycles. The van der Waals surface area contributed by atoms with Gasteiger partial charge in [-0.25, -0.2) is 0 Å². The highest BCUT2D eigenvalue weighted by molar-refractivity contribution is 6.32. The lowest BCUT2D eigenvalue weighted by Crippen LogP contribution is -2.45. The van der Waals surface area contributed by atoms with Crippen LogP contribution in [0, 0.1) is 5.92 Å². The maximum Gasteiger partial charge on any atom is 0.254 e. The van der Waals surface area contributed by atoms with E-state index in [1.165, 1.54) is 0 Å². The van der Waals surface area contributed by atoms with Crippen molar-refractivity contribution in [3.8, 4) is 11.5 Å². The van der Waals surface area contributed by atoms with Gasteiger partial charge in [0.1, 0.15) is 0 Å². The molecule has 2 amide bonds. The van der Waals surface area contributed by atoms with Crippen LogP contribution in [0.5, 0.6) is 11.5 Å². The Balaban J connectivity index is 1.77. The molecule has 1 N–H and O–H groups in total. The van der Waals surface area contributed by atoms with E-state index in [2.05, 4.69) is 5.32 Å². The summed E-state index contributed by atoms with van der Waals surface area (Å²) in [7, 11) is 0. The largest absolute Gasteiger partial charge is 0.489 e. The second-order valence-corrected chi connectivity index (χ2v) is 6.73. The summed E-state index contributed by atoms with van der Waals surface area (Å²) in [6, 6.07) is 3.30. The first-order valence-corrected chi connectivity index (χ1v) is 9.14. The van der Waals surface area contributed by atoms with Crippen molar-refractivity contribution in [2.24, 2.45) is 5.92 Å². The third-order valence-electron chi connectivity index (χ3n) is 4.48. The van der Waals surface area contributed by atoms with Crippen molar-refractivity contribution in [1.82, 2.24) is 10.2 Å². The molecule has 1 aromatic carbocycles. The minimum absolute atomic E-state index is 0.0108. The van der Waals surface area contributed by atoms with Crippen molar-refractivity contribution >= 4 is 23.4 Å². The molecule has 0 unspecified atom stereocenters. The van der Waals surface area contributed by atoms with Crippen molar-refractivity contribution in [3.05, 3.63) is 22.7 Å². The fourth-order valence-electron chi connectivity index (χ4n) is 3.23. The van der Waals surface area contributed by atoms with Crippen molar-refractivity contribution in [3.63, 3.8) is 0 Å². The van der Waals surface area contributed by atoms with Crippen molar-refractivity contribution in [2.75, 3.05) is 32.8 Å². The van der Waals surface area contributed by atoms with Gasteiger partial charge in [0.25, 0.3) is 5.91 Å². The van der Waals surface area contributed by atoms with Crippen LogP contribution in [0.1, 0.15) is 36.5 Å². The van der Waals surface area contributed by atoms with Crippen LogP contribution in [0.25, 0.3) is 0 Å². The summed E-state index contributed by atoms with van der Waals surface area (Å²) in [5.41, 5.74) is 0.464. The van der Waals surface area contributed by atoms with Crippen LogP contribution in [0.4, 0.5) is 0 Å². The highest BCUT2D eigenvalue weighted by Gasteiger charge is 2.29. The molecular weight excluding hydrogens is 344 g/mol. The zero-order valence-corrected chi connectivity index (χ0v) is 15.1. The van der Waals surface area contributed by atoms with Gasteiger partial charge in [-0.05, 0) is 31.9 Å². The Kier molecular flexibility index (Phi) is 5.68. The van der Waals surface area contributed by atoms with E-state index < -0.39 is 0 Å². The summed E-state index contributed by atoms with van der Waals surface area (Å²) in [4.78, 5) is 26.7. The van der Waals surface area contributed by atoms with Gasteiger partial charge in [0.05, 0.1) is 24.2 Å². The van der Waals surface area contributed by atoms with Gasteiger partial charge in [-0.3, -0.25) is 9.59 Å². The number of likely N-dealkylation sites (tertiary alicyclic amines) is 1. The van der Waals surface area contributed by atoms with Gasteiger partial charge in [-0.1, -0.05) is 11.6 Å². The Morgan fingerprint density at radius 3 is 2.88 bits per heavy atom. The molecule has 0 spiro atoms. The first-order chi connectivity index (χ1) is 12.1. The fraction of sp³-hybridized carbons (Fsp3) is 0.556. The number of carbonyl (C=O) groups is 2. The molecule has 0 radical (unpaired) electrons. The monoisotopic (exact) mass is 366 g/mol. The zero-order chi connectivity index (χ0) is 17.8. The van der Waals surface area contributed by atoms with Crippen LogP contribution in [0.3, 0.4) is 0 Å². The number of amides is 2. The lowest BCUT2D eigenvalue weighted by molar-refractivity contribution is -0.126. The predicted octanol–water partition coefficient (Wildman–Crippen LogP) is 2.49. The summed E-state index contributed by atoms with van der Waals surface area (Å²) in [6.07, 6.45) is 2.39. The van der Waals surface area contributed by atoms with Crippen LogP contribution in [0.15, 0.2) is 12.1 Å². The molecule has 3 rings (SSSR count). The summed E-state index contributed by atoms with van der Waals surface area (Å²) >= 11 is 6.28. The number of fused-ring (bicyclic) bond motifs is 1. The SMILES string of the molecule is CCNC(=O)[C@@H]1CCCN(C(=O)c2cc(Cl)c3c(c2)OCCCO3)C1. The zero-order valence-electron chi connectivity index (χ0n) is 14.3. The molecule has 6 nitrogen and oxygen atoms in total. The molecule has 136 valence electrons. The number of nitrogens with zero attached hydrogens (tertiary/aromatic N) is 1. The number of hydrogen-bond donors (Lipinski definition) is 1. The number of carbonyl (C=O) groups excluding carboxylic acids is 2. The third kappa shape index (κ3) is 4.00. The number of hydrogen-bond acceptors (Lipinski definition) is 4. The van der Waals surface area contributed by atoms with E-state index in [0.717, 1.165) is 19.3 Å². The number of benzene rings is 1. The molecule has 7 heteroatoms.